The standard InChI is InChI=1S/C20H18BrN7O2S/c1-31(2,28-30)19(29)12-3-5-13(6-4-12)26-20-22-10-15(21)18(27-20)25-14-7-8-16-17(9-14)24-11-23-16/h3-11H,1-2H3,(H,23,24)(H2,22,25,26,27). The average molecular weight is 500 g/mol. The molecular formula is C20H18BrN7O2S. The van der Waals surface area contributed by atoms with Crippen LogP contribution in [0, 0.1) is 4.91 Å². The molecule has 2 aromatic heterocycles. The molecule has 0 saturated heterocycles. The van der Waals surface area contributed by atoms with Gasteiger partial charge in [-0.05, 0) is 85.7 Å². The van der Waals surface area contributed by atoms with E-state index in [1.54, 1.807) is 49.3 Å². The van der Waals surface area contributed by atoms with Crippen molar-refractivity contribution in [3.05, 3.63) is 69.9 Å². The van der Waals surface area contributed by atoms with E-state index >= 15 is 0 Å². The predicted molar refractivity (Wildman–Crippen MR) is 128 cm³/mol. The molecule has 11 heteroatoms. The molecule has 4 aromatic rings. The summed E-state index contributed by atoms with van der Waals surface area (Å²) in [5, 5.41) is 6.11. The van der Waals surface area contributed by atoms with E-state index in [1.165, 1.54) is 0 Å². The van der Waals surface area contributed by atoms with Crippen molar-refractivity contribution >= 4 is 65.4 Å². The molecule has 0 spiro atoms. The maximum absolute atomic E-state index is 12.4. The third-order valence-corrected chi connectivity index (χ3v) is 6.54. The van der Waals surface area contributed by atoms with Gasteiger partial charge in [0.2, 0.25) is 11.1 Å². The minimum absolute atomic E-state index is 0.255. The molecule has 9 nitrogen and oxygen atoms in total. The second-order valence-corrected chi connectivity index (χ2v) is 10.9. The van der Waals surface area contributed by atoms with Gasteiger partial charge in [-0.3, -0.25) is 4.79 Å². The minimum atomic E-state index is -2.21. The van der Waals surface area contributed by atoms with Crippen molar-refractivity contribution in [3.8, 4) is 0 Å². The summed E-state index contributed by atoms with van der Waals surface area (Å²) in [5.41, 5.74) is 3.78. The average Bonchev–Trinajstić information content (AvgIpc) is 3.24. The van der Waals surface area contributed by atoms with Crippen LogP contribution in [0.1, 0.15) is 10.4 Å². The van der Waals surface area contributed by atoms with Gasteiger partial charge in [0.15, 0.2) is 0 Å². The van der Waals surface area contributed by atoms with Gasteiger partial charge in [0.25, 0.3) is 0 Å². The molecule has 158 valence electrons. The maximum Gasteiger partial charge on any atom is 0.229 e. The Morgan fingerprint density at radius 3 is 2.55 bits per heavy atom. The van der Waals surface area contributed by atoms with Crippen LogP contribution in [0.4, 0.5) is 23.1 Å². The SMILES string of the molecule is CS(C)(N=O)C(=O)c1ccc(Nc2ncc(Br)c(Nc3ccc4[nH]cnc4c3)n2)cc1. The number of fused-ring (bicyclic) bond motifs is 1. The lowest BCUT2D eigenvalue weighted by Gasteiger charge is -2.19. The summed E-state index contributed by atoms with van der Waals surface area (Å²) in [7, 11) is -2.21. The number of benzene rings is 2. The van der Waals surface area contributed by atoms with E-state index in [9.17, 15) is 9.70 Å². The van der Waals surface area contributed by atoms with Gasteiger partial charge in [0.05, 0.1) is 21.8 Å². The number of nitroso groups, excluding NO2 is 1. The van der Waals surface area contributed by atoms with Crippen molar-refractivity contribution < 1.29 is 4.79 Å². The Balaban J connectivity index is 1.51. The minimum Gasteiger partial charge on any atom is -0.345 e. The number of halogens is 1. The van der Waals surface area contributed by atoms with Crippen LogP contribution in [-0.2, 0) is 0 Å². The highest BCUT2D eigenvalue weighted by Gasteiger charge is 2.24. The van der Waals surface area contributed by atoms with E-state index in [0.717, 1.165) is 16.7 Å². The lowest BCUT2D eigenvalue weighted by atomic mass is 10.2. The molecule has 4 rings (SSSR count). The van der Waals surface area contributed by atoms with Crippen LogP contribution in [0.2, 0.25) is 0 Å². The topological polar surface area (TPSA) is 125 Å². The number of carbonyl (C=O) groups excluding carboxylic acids is 1. The molecule has 3 N–H and O–H groups in total. The molecule has 0 amide bonds. The maximum atomic E-state index is 12.4. The largest absolute Gasteiger partial charge is 0.345 e. The number of hydrogen-bond donors (Lipinski definition) is 3. The summed E-state index contributed by atoms with van der Waals surface area (Å²) in [6.07, 6.45) is 6.43. The summed E-state index contributed by atoms with van der Waals surface area (Å²) in [6, 6.07) is 12.6. The predicted octanol–water partition coefficient (Wildman–Crippen LogP) is 5.49. The molecule has 0 fully saturated rings. The lowest BCUT2D eigenvalue weighted by molar-refractivity contribution is 0.108. The zero-order valence-electron chi connectivity index (χ0n) is 16.6. The Morgan fingerprint density at radius 2 is 1.81 bits per heavy atom. The number of nitrogens with one attached hydrogen (secondary N) is 3. The molecule has 0 atom stereocenters. The molecule has 2 aromatic carbocycles. The van der Waals surface area contributed by atoms with Crippen molar-refractivity contribution in [3.63, 3.8) is 0 Å². The molecule has 2 heterocycles. The molecule has 0 aliphatic rings. The van der Waals surface area contributed by atoms with Crippen LogP contribution >= 0.6 is 26.1 Å². The van der Waals surface area contributed by atoms with Crippen LogP contribution in [0.3, 0.4) is 0 Å². The fraction of sp³-hybridized carbons (Fsp3) is 0.100. The van der Waals surface area contributed by atoms with Crippen molar-refractivity contribution in [1.82, 2.24) is 19.9 Å². The highest BCUT2D eigenvalue weighted by Crippen LogP contribution is 2.44. The van der Waals surface area contributed by atoms with Crippen molar-refractivity contribution in [2.75, 3.05) is 23.1 Å². The fourth-order valence-electron chi connectivity index (χ4n) is 2.80. The first-order valence-electron chi connectivity index (χ1n) is 9.08. The first-order chi connectivity index (χ1) is 14.9. The second-order valence-electron chi connectivity index (χ2n) is 6.99. The Hall–Kier alpha value is -3.31. The zero-order chi connectivity index (χ0) is 22.0. The van der Waals surface area contributed by atoms with Gasteiger partial charge >= 0.3 is 0 Å². The summed E-state index contributed by atoms with van der Waals surface area (Å²) in [5.74, 6) is 0.965. The van der Waals surface area contributed by atoms with Gasteiger partial charge in [-0.15, -0.1) is 4.91 Å². The first-order valence-corrected chi connectivity index (χ1v) is 12.3. The van der Waals surface area contributed by atoms with Crippen molar-refractivity contribution in [2.45, 2.75) is 0 Å². The van der Waals surface area contributed by atoms with Crippen LogP contribution in [0.15, 0.2) is 64.0 Å². The highest BCUT2D eigenvalue weighted by molar-refractivity contribution is 9.10. The van der Waals surface area contributed by atoms with Crippen LogP contribution in [-0.4, -0.2) is 37.6 Å². The van der Waals surface area contributed by atoms with Gasteiger partial charge in [0.1, 0.15) is 5.82 Å². The number of H-pyrrole nitrogens is 1. The summed E-state index contributed by atoms with van der Waals surface area (Å²) in [4.78, 5) is 39.4. The Labute approximate surface area is 187 Å². The molecule has 0 radical (unpaired) electrons. The Morgan fingerprint density at radius 1 is 1.06 bits per heavy atom. The normalized spacial score (nSPS) is 11.8. The fourth-order valence-corrected chi connectivity index (χ4v) is 3.87. The van der Waals surface area contributed by atoms with Gasteiger partial charge in [0, 0.05) is 23.1 Å². The van der Waals surface area contributed by atoms with Gasteiger partial charge in [-0.2, -0.15) is 4.98 Å². The number of aromatic nitrogens is 4. The zero-order valence-corrected chi connectivity index (χ0v) is 19.0. The van der Waals surface area contributed by atoms with Crippen molar-refractivity contribution in [1.29, 1.82) is 0 Å². The number of nitrogens with zero attached hydrogens (tertiary/aromatic N) is 4. The number of rotatable bonds is 6. The second kappa shape index (κ2) is 8.44. The smallest absolute Gasteiger partial charge is 0.229 e. The number of hydrogen-bond acceptors (Lipinski definition) is 8. The number of carbonyl (C=O) groups is 1. The molecule has 0 unspecified atom stereocenters. The van der Waals surface area contributed by atoms with E-state index in [0.29, 0.717) is 27.5 Å². The van der Waals surface area contributed by atoms with Crippen LogP contribution in [0.25, 0.3) is 11.0 Å². The van der Waals surface area contributed by atoms with E-state index in [4.69, 9.17) is 0 Å². The lowest BCUT2D eigenvalue weighted by Crippen LogP contribution is -2.07. The third kappa shape index (κ3) is 4.57. The number of aromatic amines is 1. The van der Waals surface area contributed by atoms with Gasteiger partial charge < -0.3 is 15.6 Å². The van der Waals surface area contributed by atoms with Gasteiger partial charge in [-0.1, -0.05) is 0 Å². The summed E-state index contributed by atoms with van der Waals surface area (Å²) < 4.78 is 3.69. The molecular weight excluding hydrogens is 482 g/mol. The molecule has 0 aliphatic carbocycles. The Bertz CT molecular complexity index is 1270. The molecule has 0 saturated carbocycles. The van der Waals surface area contributed by atoms with Gasteiger partial charge in [-0.25, -0.2) is 9.97 Å². The third-order valence-electron chi connectivity index (χ3n) is 4.45. The Kier molecular flexibility index (Phi) is 5.70. The van der Waals surface area contributed by atoms with E-state index in [-0.39, 0.29) is 5.12 Å². The van der Waals surface area contributed by atoms with Crippen molar-refractivity contribution in [2.24, 2.45) is 4.58 Å². The van der Waals surface area contributed by atoms with Crippen LogP contribution < -0.4 is 10.6 Å². The quantitative estimate of drug-likeness (QED) is 0.299. The first kappa shape index (κ1) is 20.9. The van der Waals surface area contributed by atoms with E-state index in [2.05, 4.69) is 51.1 Å². The monoisotopic (exact) mass is 499 g/mol. The van der Waals surface area contributed by atoms with E-state index < -0.39 is 10.2 Å². The summed E-state index contributed by atoms with van der Waals surface area (Å²) in [6.45, 7) is 0. The number of anilines is 4. The molecule has 0 bridgehead atoms. The molecule has 31 heavy (non-hydrogen) atoms. The van der Waals surface area contributed by atoms with Crippen LogP contribution in [0.5, 0.6) is 0 Å². The molecule has 0 aliphatic heterocycles. The van der Waals surface area contributed by atoms with E-state index in [1.807, 2.05) is 18.2 Å². The highest BCUT2D eigenvalue weighted by atomic mass is 79.9. The number of imidazole rings is 1. The summed E-state index contributed by atoms with van der Waals surface area (Å²) >= 11 is 3.46.